The van der Waals surface area contributed by atoms with E-state index in [0.717, 1.165) is 11.6 Å². The van der Waals surface area contributed by atoms with Crippen molar-refractivity contribution in [2.75, 3.05) is 0 Å². The monoisotopic (exact) mass is 329 g/mol. The van der Waals surface area contributed by atoms with Crippen molar-refractivity contribution in [1.82, 2.24) is 5.32 Å². The summed E-state index contributed by atoms with van der Waals surface area (Å²) in [5.74, 6) is -1.15. The average molecular weight is 330 g/mol. The number of hydrogen-bond acceptors (Lipinski definition) is 1. The van der Waals surface area contributed by atoms with Crippen LogP contribution in [0.15, 0.2) is 36.4 Å². The fraction of sp³-hybridized carbons (Fsp3) is 0.250. The highest BCUT2D eigenvalue weighted by atomic mass is 35.5. The van der Waals surface area contributed by atoms with Crippen molar-refractivity contribution >= 4 is 23.2 Å². The number of rotatable bonds is 4. The van der Waals surface area contributed by atoms with Gasteiger partial charge in [0, 0.05) is 33.8 Å². The maximum absolute atomic E-state index is 13.8. The summed E-state index contributed by atoms with van der Waals surface area (Å²) in [7, 11) is 0. The Hall–Kier alpha value is -1.16. The smallest absolute Gasteiger partial charge is 0.130 e. The van der Waals surface area contributed by atoms with Gasteiger partial charge in [0.15, 0.2) is 0 Å². The van der Waals surface area contributed by atoms with Gasteiger partial charge in [-0.1, -0.05) is 35.3 Å². The molecule has 0 spiro atoms. The summed E-state index contributed by atoms with van der Waals surface area (Å²) >= 11 is 12.0. The van der Waals surface area contributed by atoms with Gasteiger partial charge in [0.1, 0.15) is 11.6 Å². The lowest BCUT2D eigenvalue weighted by molar-refractivity contribution is 0.470. The van der Waals surface area contributed by atoms with Crippen molar-refractivity contribution in [3.63, 3.8) is 0 Å². The highest BCUT2D eigenvalue weighted by Crippen LogP contribution is 2.28. The van der Waals surface area contributed by atoms with Gasteiger partial charge in [-0.3, -0.25) is 0 Å². The van der Waals surface area contributed by atoms with Gasteiger partial charge in [-0.2, -0.15) is 0 Å². The van der Waals surface area contributed by atoms with Gasteiger partial charge in [-0.15, -0.1) is 0 Å². The van der Waals surface area contributed by atoms with Crippen molar-refractivity contribution in [3.8, 4) is 0 Å². The van der Waals surface area contributed by atoms with E-state index in [-0.39, 0.29) is 12.1 Å². The van der Waals surface area contributed by atoms with Crippen LogP contribution in [-0.2, 0) is 0 Å². The highest BCUT2D eigenvalue weighted by Gasteiger charge is 2.16. The Kier molecular flexibility index (Phi) is 5.20. The van der Waals surface area contributed by atoms with Crippen LogP contribution >= 0.6 is 23.2 Å². The molecular weight excluding hydrogens is 315 g/mol. The molecule has 0 heterocycles. The molecule has 2 rings (SSSR count). The summed E-state index contributed by atoms with van der Waals surface area (Å²) in [6.45, 7) is 3.74. The molecule has 0 fully saturated rings. The van der Waals surface area contributed by atoms with Crippen molar-refractivity contribution in [3.05, 3.63) is 69.2 Å². The van der Waals surface area contributed by atoms with E-state index in [9.17, 15) is 8.78 Å². The maximum Gasteiger partial charge on any atom is 0.130 e. The molecular formula is C16H15Cl2F2N. The summed E-state index contributed by atoms with van der Waals surface area (Å²) in [6, 6.07) is 8.43. The molecule has 1 N–H and O–H groups in total. The Morgan fingerprint density at radius 1 is 0.905 bits per heavy atom. The molecule has 0 saturated carbocycles. The van der Waals surface area contributed by atoms with E-state index < -0.39 is 11.6 Å². The molecule has 112 valence electrons. The minimum atomic E-state index is -0.586. The third kappa shape index (κ3) is 3.94. The van der Waals surface area contributed by atoms with E-state index in [1.807, 2.05) is 19.9 Å². The van der Waals surface area contributed by atoms with Crippen LogP contribution in [0.5, 0.6) is 0 Å². The average Bonchev–Trinajstić information content (AvgIpc) is 2.37. The first kappa shape index (κ1) is 16.2. The standard InChI is InChI=1S/C16H15Cl2F2N/c1-9(13-5-3-11(17)7-15(13)18)21-10(2)14-6-4-12(19)8-16(14)20/h3-10,21H,1-2H3. The van der Waals surface area contributed by atoms with Gasteiger partial charge in [-0.05, 0) is 37.6 Å². The summed E-state index contributed by atoms with van der Waals surface area (Å²) in [5.41, 5.74) is 1.28. The zero-order chi connectivity index (χ0) is 15.6. The first-order chi connectivity index (χ1) is 9.88. The first-order valence-electron chi connectivity index (χ1n) is 6.54. The molecule has 0 amide bonds. The van der Waals surface area contributed by atoms with E-state index in [0.29, 0.717) is 15.6 Å². The van der Waals surface area contributed by atoms with Crippen LogP contribution in [0.2, 0.25) is 10.0 Å². The van der Waals surface area contributed by atoms with Crippen molar-refractivity contribution < 1.29 is 8.78 Å². The van der Waals surface area contributed by atoms with Crippen molar-refractivity contribution in [2.24, 2.45) is 0 Å². The van der Waals surface area contributed by atoms with E-state index in [1.165, 1.54) is 12.1 Å². The number of hydrogen-bond donors (Lipinski definition) is 1. The second-order valence-corrected chi connectivity index (χ2v) is 5.79. The van der Waals surface area contributed by atoms with Crippen LogP contribution in [0.4, 0.5) is 8.78 Å². The number of benzene rings is 2. The summed E-state index contributed by atoms with van der Waals surface area (Å²) in [5, 5.41) is 4.36. The lowest BCUT2D eigenvalue weighted by Gasteiger charge is -2.22. The second kappa shape index (κ2) is 6.73. The van der Waals surface area contributed by atoms with E-state index in [4.69, 9.17) is 23.2 Å². The molecule has 0 aliphatic carbocycles. The van der Waals surface area contributed by atoms with Gasteiger partial charge < -0.3 is 5.32 Å². The minimum absolute atomic E-state index is 0.103. The topological polar surface area (TPSA) is 12.0 Å². The molecule has 21 heavy (non-hydrogen) atoms. The Balaban J connectivity index is 2.16. The Bertz CT molecular complexity index is 591. The van der Waals surface area contributed by atoms with Crippen LogP contribution in [-0.4, -0.2) is 0 Å². The minimum Gasteiger partial charge on any atom is -0.303 e. The van der Waals surface area contributed by atoms with E-state index >= 15 is 0 Å². The number of nitrogens with one attached hydrogen (secondary N) is 1. The predicted molar refractivity (Wildman–Crippen MR) is 82.8 cm³/mol. The molecule has 2 unspecified atom stereocenters. The lowest BCUT2D eigenvalue weighted by atomic mass is 10.0. The zero-order valence-corrected chi connectivity index (χ0v) is 13.1. The summed E-state index contributed by atoms with van der Waals surface area (Å²) < 4.78 is 26.7. The molecule has 0 aromatic heterocycles. The third-order valence-corrected chi connectivity index (χ3v) is 3.92. The Morgan fingerprint density at radius 3 is 2.14 bits per heavy atom. The maximum atomic E-state index is 13.8. The normalized spacial score (nSPS) is 14.0. The third-order valence-electron chi connectivity index (χ3n) is 3.36. The lowest BCUT2D eigenvalue weighted by Crippen LogP contribution is -2.23. The van der Waals surface area contributed by atoms with Gasteiger partial charge in [0.05, 0.1) is 0 Å². The fourth-order valence-corrected chi connectivity index (χ4v) is 2.83. The highest BCUT2D eigenvalue weighted by molar-refractivity contribution is 6.35. The van der Waals surface area contributed by atoms with Crippen LogP contribution in [0.3, 0.4) is 0 Å². The van der Waals surface area contributed by atoms with Gasteiger partial charge >= 0.3 is 0 Å². The molecule has 5 heteroatoms. The second-order valence-electron chi connectivity index (χ2n) is 4.94. The molecule has 0 saturated heterocycles. The SMILES string of the molecule is CC(NC(C)c1ccc(Cl)cc1Cl)c1ccc(F)cc1F. The summed E-state index contributed by atoms with van der Waals surface area (Å²) in [4.78, 5) is 0. The first-order valence-corrected chi connectivity index (χ1v) is 7.30. The molecule has 1 nitrogen and oxygen atoms in total. The molecule has 2 aromatic carbocycles. The molecule has 0 radical (unpaired) electrons. The van der Waals surface area contributed by atoms with Crippen LogP contribution in [0.25, 0.3) is 0 Å². The van der Waals surface area contributed by atoms with Crippen LogP contribution in [0, 0.1) is 11.6 Å². The van der Waals surface area contributed by atoms with Crippen molar-refractivity contribution in [2.45, 2.75) is 25.9 Å². The molecule has 0 aliphatic rings. The largest absolute Gasteiger partial charge is 0.303 e. The van der Waals surface area contributed by atoms with Crippen molar-refractivity contribution in [1.29, 1.82) is 0 Å². The summed E-state index contributed by atoms with van der Waals surface area (Å²) in [6.07, 6.45) is 0. The fourth-order valence-electron chi connectivity index (χ4n) is 2.26. The quantitative estimate of drug-likeness (QED) is 0.760. The van der Waals surface area contributed by atoms with Crippen LogP contribution < -0.4 is 5.32 Å². The molecule has 0 bridgehead atoms. The van der Waals surface area contributed by atoms with Gasteiger partial charge in [0.2, 0.25) is 0 Å². The van der Waals surface area contributed by atoms with E-state index in [2.05, 4.69) is 5.32 Å². The van der Waals surface area contributed by atoms with E-state index in [1.54, 1.807) is 12.1 Å². The van der Waals surface area contributed by atoms with Gasteiger partial charge in [0.25, 0.3) is 0 Å². The molecule has 2 atom stereocenters. The Labute approximate surface area is 132 Å². The zero-order valence-electron chi connectivity index (χ0n) is 11.6. The predicted octanol–water partition coefficient (Wildman–Crippen LogP) is 5.68. The number of halogens is 4. The molecule has 2 aromatic rings. The van der Waals surface area contributed by atoms with Crippen LogP contribution in [0.1, 0.15) is 37.1 Å². The Morgan fingerprint density at radius 2 is 1.52 bits per heavy atom. The van der Waals surface area contributed by atoms with Gasteiger partial charge in [-0.25, -0.2) is 8.78 Å². The molecule has 0 aliphatic heterocycles.